The molecule has 9 heteroatoms. The molecular formula is C30H27BrFN5O2. The zero-order chi connectivity index (χ0) is 27.7. The molecule has 1 N–H and O–H groups in total. The zero-order valence-corrected chi connectivity index (χ0v) is 23.4. The van der Waals surface area contributed by atoms with Crippen molar-refractivity contribution in [1.29, 1.82) is 0 Å². The van der Waals surface area contributed by atoms with Crippen LogP contribution in [0.1, 0.15) is 43.3 Å². The second-order valence-corrected chi connectivity index (χ2v) is 10.4. The number of hydrogen-bond donors (Lipinski definition) is 1. The van der Waals surface area contributed by atoms with Crippen LogP contribution < -0.4 is 10.9 Å². The van der Waals surface area contributed by atoms with Gasteiger partial charge in [0.05, 0.1) is 17.1 Å². The van der Waals surface area contributed by atoms with Crippen LogP contribution in [-0.4, -0.2) is 26.3 Å². The highest BCUT2D eigenvalue weighted by atomic mass is 79.9. The molecule has 198 valence electrons. The van der Waals surface area contributed by atoms with Crippen molar-refractivity contribution in [3.8, 4) is 0 Å². The van der Waals surface area contributed by atoms with Gasteiger partial charge in [-0.25, -0.2) is 9.37 Å². The Hall–Kier alpha value is -4.11. The normalized spacial score (nSPS) is 12.4. The van der Waals surface area contributed by atoms with Crippen LogP contribution in [0, 0.1) is 12.7 Å². The van der Waals surface area contributed by atoms with E-state index in [-0.39, 0.29) is 29.7 Å². The number of carbonyl (C=O) groups excluding carboxylic acids is 1. The Morgan fingerprint density at radius 1 is 1.13 bits per heavy atom. The highest BCUT2D eigenvalue weighted by Gasteiger charge is 2.18. The summed E-state index contributed by atoms with van der Waals surface area (Å²) in [4.78, 5) is 31.2. The molecule has 0 saturated heterocycles. The van der Waals surface area contributed by atoms with Crippen LogP contribution in [0.25, 0.3) is 21.8 Å². The Kier molecular flexibility index (Phi) is 7.43. The fraction of sp³-hybridized carbons (Fsp3) is 0.200. The molecule has 0 radical (unpaired) electrons. The highest BCUT2D eigenvalue weighted by Crippen LogP contribution is 2.26. The van der Waals surface area contributed by atoms with Gasteiger partial charge in [-0.1, -0.05) is 48.0 Å². The summed E-state index contributed by atoms with van der Waals surface area (Å²) < 4.78 is 17.3. The third-order valence-electron chi connectivity index (χ3n) is 6.90. The Morgan fingerprint density at radius 3 is 2.62 bits per heavy atom. The number of fused-ring (bicyclic) bond motifs is 2. The van der Waals surface area contributed by atoms with Gasteiger partial charge in [-0.15, -0.1) is 0 Å². The largest absolute Gasteiger partial charge is 0.335 e. The van der Waals surface area contributed by atoms with Crippen LogP contribution in [0.4, 0.5) is 10.1 Å². The van der Waals surface area contributed by atoms with E-state index in [9.17, 15) is 14.0 Å². The van der Waals surface area contributed by atoms with Gasteiger partial charge in [0.2, 0.25) is 5.91 Å². The van der Waals surface area contributed by atoms with Crippen LogP contribution in [0.2, 0.25) is 0 Å². The van der Waals surface area contributed by atoms with Crippen LogP contribution >= 0.6 is 15.9 Å². The van der Waals surface area contributed by atoms with E-state index in [0.717, 1.165) is 33.1 Å². The molecule has 0 aliphatic rings. The SMILES string of the molecule is CC[C@H](C)c1nc2ccc(Br)cc2c(=O)n1N=Cc1c(C)n(CC(=O)Nc2ccc(F)cc2)c2ccccc12. The number of halogens is 2. The monoisotopic (exact) mass is 587 g/mol. The lowest BCUT2D eigenvalue weighted by Gasteiger charge is -2.14. The van der Waals surface area contributed by atoms with Crippen LogP contribution in [-0.2, 0) is 11.3 Å². The van der Waals surface area contributed by atoms with Crippen molar-refractivity contribution in [3.63, 3.8) is 0 Å². The fourth-order valence-corrected chi connectivity index (χ4v) is 4.96. The van der Waals surface area contributed by atoms with E-state index in [0.29, 0.717) is 22.4 Å². The van der Waals surface area contributed by atoms with Crippen LogP contribution in [0.5, 0.6) is 0 Å². The first-order valence-corrected chi connectivity index (χ1v) is 13.5. The predicted octanol–water partition coefficient (Wildman–Crippen LogP) is 6.60. The summed E-state index contributed by atoms with van der Waals surface area (Å²) in [6.45, 7) is 6.04. The number of para-hydroxylation sites is 1. The molecule has 1 atom stereocenters. The average Bonchev–Trinajstić information content (AvgIpc) is 3.19. The number of benzene rings is 3. The molecule has 5 aromatic rings. The smallest absolute Gasteiger partial charge is 0.282 e. The second-order valence-electron chi connectivity index (χ2n) is 9.46. The molecule has 0 fully saturated rings. The maximum Gasteiger partial charge on any atom is 0.282 e. The molecule has 1 amide bonds. The number of hydrogen-bond acceptors (Lipinski definition) is 4. The number of rotatable bonds is 7. The summed E-state index contributed by atoms with van der Waals surface area (Å²) >= 11 is 3.44. The first-order chi connectivity index (χ1) is 18.8. The van der Waals surface area contributed by atoms with Gasteiger partial charge in [-0.05, 0) is 61.9 Å². The van der Waals surface area contributed by atoms with Crippen molar-refractivity contribution in [2.75, 3.05) is 5.32 Å². The lowest BCUT2D eigenvalue weighted by Crippen LogP contribution is -2.23. The minimum absolute atomic E-state index is 0.0143. The van der Waals surface area contributed by atoms with E-state index >= 15 is 0 Å². The van der Waals surface area contributed by atoms with Crippen molar-refractivity contribution >= 4 is 55.5 Å². The molecule has 2 heterocycles. The summed E-state index contributed by atoms with van der Waals surface area (Å²) in [7, 11) is 0. The first kappa shape index (κ1) is 26.5. The molecule has 0 saturated carbocycles. The van der Waals surface area contributed by atoms with Crippen LogP contribution in [0.3, 0.4) is 0 Å². The van der Waals surface area contributed by atoms with E-state index < -0.39 is 0 Å². The van der Waals surface area contributed by atoms with Crippen molar-refractivity contribution in [2.24, 2.45) is 5.10 Å². The minimum atomic E-state index is -0.367. The van der Waals surface area contributed by atoms with Crippen LogP contribution in [0.15, 0.2) is 81.1 Å². The molecule has 0 aliphatic heterocycles. The summed E-state index contributed by atoms with van der Waals surface area (Å²) in [6, 6.07) is 18.8. The van der Waals surface area contributed by atoms with E-state index in [1.165, 1.54) is 28.9 Å². The van der Waals surface area contributed by atoms with E-state index in [1.54, 1.807) is 12.3 Å². The molecule has 0 aliphatic carbocycles. The summed E-state index contributed by atoms with van der Waals surface area (Å²) in [6.07, 6.45) is 2.47. The van der Waals surface area contributed by atoms with Gasteiger partial charge in [0.15, 0.2) is 0 Å². The van der Waals surface area contributed by atoms with Crippen molar-refractivity contribution in [3.05, 3.63) is 104 Å². The Balaban J connectivity index is 1.56. The lowest BCUT2D eigenvalue weighted by molar-refractivity contribution is -0.116. The molecule has 39 heavy (non-hydrogen) atoms. The molecule has 2 aromatic heterocycles. The Labute approximate surface area is 233 Å². The number of nitrogens with one attached hydrogen (secondary N) is 1. The molecule has 0 spiro atoms. The maximum atomic E-state index is 13.5. The van der Waals surface area contributed by atoms with Gasteiger partial charge in [0.25, 0.3) is 5.56 Å². The summed E-state index contributed by atoms with van der Waals surface area (Å²) in [5, 5.41) is 8.85. The molecule has 3 aromatic carbocycles. The zero-order valence-electron chi connectivity index (χ0n) is 21.8. The predicted molar refractivity (Wildman–Crippen MR) is 157 cm³/mol. The quantitative estimate of drug-likeness (QED) is 0.218. The second kappa shape index (κ2) is 10.9. The minimum Gasteiger partial charge on any atom is -0.335 e. The molecule has 7 nitrogen and oxygen atoms in total. The van der Waals surface area contributed by atoms with Gasteiger partial charge in [0, 0.05) is 38.2 Å². The standard InChI is InChI=1S/C30H27BrFN5O2/c1-4-18(2)29-35-26-14-9-20(31)15-24(26)30(39)37(29)33-16-25-19(3)36(27-8-6-5-7-23(25)27)17-28(38)34-22-12-10-21(32)11-13-22/h5-16,18H,4,17H2,1-3H3,(H,34,38)/t18-/m0/s1. The first-order valence-electron chi connectivity index (χ1n) is 12.7. The molecule has 0 unspecified atom stereocenters. The van der Waals surface area contributed by atoms with Gasteiger partial charge < -0.3 is 9.88 Å². The highest BCUT2D eigenvalue weighted by molar-refractivity contribution is 9.10. The number of amides is 1. The van der Waals surface area contributed by atoms with E-state index in [4.69, 9.17) is 4.98 Å². The topological polar surface area (TPSA) is 81.3 Å². The maximum absolute atomic E-state index is 13.5. The molecule has 5 rings (SSSR count). The van der Waals surface area contributed by atoms with Crippen molar-refractivity contribution < 1.29 is 9.18 Å². The molecule has 0 bridgehead atoms. The Morgan fingerprint density at radius 2 is 1.87 bits per heavy atom. The number of carbonyl (C=O) groups is 1. The third kappa shape index (κ3) is 5.27. The fourth-order valence-electron chi connectivity index (χ4n) is 4.60. The average molecular weight is 588 g/mol. The van der Waals surface area contributed by atoms with Crippen molar-refractivity contribution in [1.82, 2.24) is 14.2 Å². The third-order valence-corrected chi connectivity index (χ3v) is 7.39. The summed E-state index contributed by atoms with van der Waals surface area (Å²) in [5.41, 5.74) is 3.39. The van der Waals surface area contributed by atoms with Crippen molar-refractivity contribution in [2.45, 2.75) is 39.7 Å². The number of anilines is 1. The van der Waals surface area contributed by atoms with Gasteiger partial charge in [-0.3, -0.25) is 9.59 Å². The Bertz CT molecular complexity index is 1790. The van der Waals surface area contributed by atoms with Gasteiger partial charge in [-0.2, -0.15) is 9.78 Å². The molecular weight excluding hydrogens is 561 g/mol. The van der Waals surface area contributed by atoms with Gasteiger partial charge in [0.1, 0.15) is 18.2 Å². The lowest BCUT2D eigenvalue weighted by atomic mass is 10.1. The van der Waals surface area contributed by atoms with E-state index in [2.05, 4.69) is 26.3 Å². The number of aromatic nitrogens is 3. The number of nitrogens with zero attached hydrogens (tertiary/aromatic N) is 4. The van der Waals surface area contributed by atoms with Gasteiger partial charge >= 0.3 is 0 Å². The summed E-state index contributed by atoms with van der Waals surface area (Å²) in [5.74, 6) is -0.00307. The van der Waals surface area contributed by atoms with E-state index in [1.807, 2.05) is 61.7 Å².